The molecule has 0 N–H and O–H groups in total. The van der Waals surface area contributed by atoms with Crippen molar-refractivity contribution in [2.75, 3.05) is 6.61 Å². The lowest BCUT2D eigenvalue weighted by Crippen LogP contribution is -2.40. The molecular formula is C10H20O2. The van der Waals surface area contributed by atoms with E-state index in [2.05, 4.69) is 0 Å². The smallest absolute Gasteiger partial charge is 0.166 e. The lowest BCUT2D eigenvalue weighted by Gasteiger charge is -2.28. The van der Waals surface area contributed by atoms with Crippen LogP contribution in [0, 0.1) is 5.92 Å². The van der Waals surface area contributed by atoms with Crippen molar-refractivity contribution < 1.29 is 9.53 Å². The zero-order valence-electron chi connectivity index (χ0n) is 8.81. The second-order valence-electron chi connectivity index (χ2n) is 3.54. The van der Waals surface area contributed by atoms with Gasteiger partial charge in [0.05, 0.1) is 0 Å². The van der Waals surface area contributed by atoms with E-state index in [-0.39, 0.29) is 11.7 Å². The van der Waals surface area contributed by atoms with Crippen molar-refractivity contribution in [3.8, 4) is 0 Å². The molecule has 0 saturated heterocycles. The molecule has 0 bridgehead atoms. The van der Waals surface area contributed by atoms with Crippen molar-refractivity contribution in [1.82, 2.24) is 0 Å². The SMILES string of the molecule is CCOC(C)(CC)C(=O)C(C)C. The van der Waals surface area contributed by atoms with E-state index in [9.17, 15) is 4.79 Å². The van der Waals surface area contributed by atoms with Gasteiger partial charge in [0.1, 0.15) is 5.60 Å². The van der Waals surface area contributed by atoms with E-state index in [1.54, 1.807) is 0 Å². The number of carbonyl (C=O) groups excluding carboxylic acids is 1. The van der Waals surface area contributed by atoms with Gasteiger partial charge in [-0.25, -0.2) is 0 Å². The lowest BCUT2D eigenvalue weighted by atomic mass is 9.90. The molecule has 0 aromatic rings. The zero-order chi connectivity index (χ0) is 9.78. The molecule has 0 fully saturated rings. The molecule has 0 aromatic carbocycles. The molecule has 0 aliphatic heterocycles. The molecule has 0 amide bonds. The monoisotopic (exact) mass is 172 g/mol. The number of hydrogen-bond donors (Lipinski definition) is 0. The Bertz CT molecular complexity index is 152. The van der Waals surface area contributed by atoms with E-state index in [0.717, 1.165) is 6.42 Å². The molecule has 12 heavy (non-hydrogen) atoms. The lowest BCUT2D eigenvalue weighted by molar-refractivity contribution is -0.145. The molecule has 0 heterocycles. The van der Waals surface area contributed by atoms with Crippen LogP contribution in [0.2, 0.25) is 0 Å². The number of ketones is 1. The number of ether oxygens (including phenoxy) is 1. The first-order valence-electron chi connectivity index (χ1n) is 4.66. The third-order valence-electron chi connectivity index (χ3n) is 2.18. The Kier molecular flexibility index (Phi) is 4.46. The third-order valence-corrected chi connectivity index (χ3v) is 2.18. The summed E-state index contributed by atoms with van der Waals surface area (Å²) >= 11 is 0. The van der Waals surface area contributed by atoms with Gasteiger partial charge in [0.15, 0.2) is 5.78 Å². The van der Waals surface area contributed by atoms with Crippen molar-refractivity contribution in [2.24, 2.45) is 5.92 Å². The number of carbonyl (C=O) groups is 1. The van der Waals surface area contributed by atoms with Crippen LogP contribution in [0.4, 0.5) is 0 Å². The normalized spacial score (nSPS) is 16.2. The summed E-state index contributed by atoms with van der Waals surface area (Å²) in [7, 11) is 0. The fourth-order valence-corrected chi connectivity index (χ4v) is 1.28. The van der Waals surface area contributed by atoms with Gasteiger partial charge < -0.3 is 4.74 Å². The van der Waals surface area contributed by atoms with Crippen LogP contribution in [0.15, 0.2) is 0 Å². The molecule has 2 heteroatoms. The van der Waals surface area contributed by atoms with Gasteiger partial charge in [-0.15, -0.1) is 0 Å². The predicted octanol–water partition coefficient (Wildman–Crippen LogP) is 2.42. The standard InChI is InChI=1S/C10H20O2/c1-6-10(5,12-7-2)9(11)8(3)4/h8H,6-7H2,1-5H3. The van der Waals surface area contributed by atoms with Gasteiger partial charge in [0.2, 0.25) is 0 Å². The van der Waals surface area contributed by atoms with E-state index < -0.39 is 5.60 Å². The zero-order valence-corrected chi connectivity index (χ0v) is 8.81. The average Bonchev–Trinajstić information content (AvgIpc) is 2.03. The van der Waals surface area contributed by atoms with Gasteiger partial charge in [-0.05, 0) is 20.3 Å². The fraction of sp³-hybridized carbons (Fsp3) is 0.900. The van der Waals surface area contributed by atoms with Crippen LogP contribution >= 0.6 is 0 Å². The molecule has 0 aromatic heterocycles. The van der Waals surface area contributed by atoms with Gasteiger partial charge >= 0.3 is 0 Å². The summed E-state index contributed by atoms with van der Waals surface area (Å²) in [6.07, 6.45) is 0.748. The Morgan fingerprint density at radius 1 is 1.42 bits per heavy atom. The van der Waals surface area contributed by atoms with Gasteiger partial charge in [-0.3, -0.25) is 4.79 Å². The highest BCUT2D eigenvalue weighted by atomic mass is 16.5. The van der Waals surface area contributed by atoms with Crippen LogP contribution in [0.1, 0.15) is 41.0 Å². The highest BCUT2D eigenvalue weighted by Gasteiger charge is 2.32. The molecule has 0 aliphatic rings. The van der Waals surface area contributed by atoms with Crippen molar-refractivity contribution >= 4 is 5.78 Å². The summed E-state index contributed by atoms with van der Waals surface area (Å²) in [6.45, 7) is 10.2. The Labute approximate surface area is 75.3 Å². The Morgan fingerprint density at radius 3 is 2.17 bits per heavy atom. The van der Waals surface area contributed by atoms with Crippen molar-refractivity contribution in [1.29, 1.82) is 0 Å². The minimum absolute atomic E-state index is 0.0569. The van der Waals surface area contributed by atoms with E-state index in [1.807, 2.05) is 34.6 Å². The number of hydrogen-bond acceptors (Lipinski definition) is 2. The molecule has 1 unspecified atom stereocenters. The molecule has 72 valence electrons. The Hall–Kier alpha value is -0.370. The van der Waals surface area contributed by atoms with Crippen LogP contribution in [-0.4, -0.2) is 18.0 Å². The van der Waals surface area contributed by atoms with Gasteiger partial charge in [-0.2, -0.15) is 0 Å². The summed E-state index contributed by atoms with van der Waals surface area (Å²) in [4.78, 5) is 11.7. The van der Waals surface area contributed by atoms with Gasteiger partial charge in [-0.1, -0.05) is 20.8 Å². The highest BCUT2D eigenvalue weighted by Crippen LogP contribution is 2.20. The maximum absolute atomic E-state index is 11.7. The van der Waals surface area contributed by atoms with Crippen molar-refractivity contribution in [2.45, 2.75) is 46.6 Å². The van der Waals surface area contributed by atoms with E-state index in [0.29, 0.717) is 6.61 Å². The van der Waals surface area contributed by atoms with Crippen LogP contribution in [0.5, 0.6) is 0 Å². The minimum atomic E-state index is -0.567. The second-order valence-corrected chi connectivity index (χ2v) is 3.54. The largest absolute Gasteiger partial charge is 0.368 e. The van der Waals surface area contributed by atoms with Crippen LogP contribution in [0.3, 0.4) is 0 Å². The predicted molar refractivity (Wildman–Crippen MR) is 50.2 cm³/mol. The minimum Gasteiger partial charge on any atom is -0.368 e. The first-order chi connectivity index (χ1) is 5.48. The average molecular weight is 172 g/mol. The quantitative estimate of drug-likeness (QED) is 0.636. The Morgan fingerprint density at radius 2 is 1.92 bits per heavy atom. The van der Waals surface area contributed by atoms with Crippen molar-refractivity contribution in [3.63, 3.8) is 0 Å². The molecule has 0 spiro atoms. The number of Topliss-reactive ketones (excluding diaryl/α,β-unsaturated/α-hetero) is 1. The van der Waals surface area contributed by atoms with Gasteiger partial charge in [0.25, 0.3) is 0 Å². The molecule has 2 nitrogen and oxygen atoms in total. The van der Waals surface area contributed by atoms with E-state index in [1.165, 1.54) is 0 Å². The van der Waals surface area contributed by atoms with Crippen LogP contribution < -0.4 is 0 Å². The summed E-state index contributed by atoms with van der Waals surface area (Å²) in [5.41, 5.74) is -0.567. The van der Waals surface area contributed by atoms with E-state index >= 15 is 0 Å². The third kappa shape index (κ3) is 2.59. The molecular weight excluding hydrogens is 152 g/mol. The van der Waals surface area contributed by atoms with Crippen LogP contribution in [-0.2, 0) is 9.53 Å². The maximum Gasteiger partial charge on any atom is 0.166 e. The van der Waals surface area contributed by atoms with Crippen molar-refractivity contribution in [3.05, 3.63) is 0 Å². The second kappa shape index (κ2) is 4.61. The first-order valence-corrected chi connectivity index (χ1v) is 4.66. The molecule has 0 aliphatic carbocycles. The van der Waals surface area contributed by atoms with Gasteiger partial charge in [0, 0.05) is 12.5 Å². The molecule has 1 atom stereocenters. The maximum atomic E-state index is 11.7. The summed E-state index contributed by atoms with van der Waals surface area (Å²) < 4.78 is 5.45. The fourth-order valence-electron chi connectivity index (χ4n) is 1.28. The highest BCUT2D eigenvalue weighted by molar-refractivity contribution is 5.88. The first kappa shape index (κ1) is 11.6. The molecule has 0 rings (SSSR count). The molecule has 0 radical (unpaired) electrons. The Balaban J connectivity index is 4.40. The van der Waals surface area contributed by atoms with E-state index in [4.69, 9.17) is 4.74 Å². The topological polar surface area (TPSA) is 26.3 Å². The summed E-state index contributed by atoms with van der Waals surface area (Å²) in [6, 6.07) is 0. The molecule has 0 saturated carbocycles. The van der Waals surface area contributed by atoms with Crippen LogP contribution in [0.25, 0.3) is 0 Å². The number of rotatable bonds is 5. The summed E-state index contributed by atoms with van der Waals surface area (Å²) in [5, 5.41) is 0. The summed E-state index contributed by atoms with van der Waals surface area (Å²) in [5.74, 6) is 0.258.